The zero-order chi connectivity index (χ0) is 19.9. The Balaban J connectivity index is 1.49. The maximum atomic E-state index is 12.1. The van der Waals surface area contributed by atoms with Gasteiger partial charge in [-0.2, -0.15) is 4.98 Å². The summed E-state index contributed by atoms with van der Waals surface area (Å²) in [4.78, 5) is 24.8. The second-order valence-electron chi connectivity index (χ2n) is 6.09. The first kappa shape index (κ1) is 19.6. The molecular weight excluding hydrogens is 380 g/mol. The summed E-state index contributed by atoms with van der Waals surface area (Å²) in [5, 5.41) is 6.45. The smallest absolute Gasteiger partial charge is 0.239 e. The lowest BCUT2D eigenvalue weighted by Crippen LogP contribution is -2.31. The van der Waals surface area contributed by atoms with Crippen molar-refractivity contribution in [2.24, 2.45) is 0 Å². The van der Waals surface area contributed by atoms with Crippen molar-refractivity contribution in [3.63, 3.8) is 0 Å². The van der Waals surface area contributed by atoms with Crippen LogP contribution in [-0.2, 0) is 11.2 Å². The van der Waals surface area contributed by atoms with Crippen molar-refractivity contribution in [1.82, 2.24) is 24.8 Å². The Morgan fingerprint density at radius 1 is 1.29 bits per heavy atom. The Morgan fingerprint density at radius 3 is 2.86 bits per heavy atom. The molecule has 0 aliphatic carbocycles. The monoisotopic (exact) mass is 400 g/mol. The molecule has 0 aliphatic heterocycles. The molecule has 28 heavy (non-hydrogen) atoms. The van der Waals surface area contributed by atoms with Crippen molar-refractivity contribution in [2.75, 3.05) is 25.5 Å². The molecule has 0 spiro atoms. The van der Waals surface area contributed by atoms with E-state index in [-0.39, 0.29) is 12.5 Å². The molecule has 2 heterocycles. The number of nitrogens with one attached hydrogen (secondary N) is 2. The van der Waals surface area contributed by atoms with Gasteiger partial charge < -0.3 is 15.4 Å². The van der Waals surface area contributed by atoms with E-state index in [1.54, 1.807) is 36.5 Å². The average molecular weight is 401 g/mol. The van der Waals surface area contributed by atoms with Crippen molar-refractivity contribution < 1.29 is 9.53 Å². The molecule has 3 aromatic rings. The van der Waals surface area contributed by atoms with Crippen LogP contribution in [0.1, 0.15) is 11.3 Å². The summed E-state index contributed by atoms with van der Waals surface area (Å²) in [6, 6.07) is 7.37. The lowest BCUT2D eigenvalue weighted by Gasteiger charge is -2.10. The van der Waals surface area contributed by atoms with E-state index < -0.39 is 0 Å². The quantitative estimate of drug-likeness (QED) is 0.603. The molecule has 0 atom stereocenters. The summed E-state index contributed by atoms with van der Waals surface area (Å²) in [6.07, 6.45) is 5.71. The molecule has 0 unspecified atom stereocenters. The third-order valence-corrected chi connectivity index (χ3v) is 4.26. The summed E-state index contributed by atoms with van der Waals surface area (Å²) in [5.41, 5.74) is 1.81. The summed E-state index contributed by atoms with van der Waals surface area (Å²) >= 11 is 6.11. The molecule has 3 rings (SSSR count). The van der Waals surface area contributed by atoms with Crippen LogP contribution in [0, 0.1) is 6.92 Å². The summed E-state index contributed by atoms with van der Waals surface area (Å²) in [5.74, 6) is 1.58. The highest BCUT2D eigenvalue weighted by molar-refractivity contribution is 6.32. The molecular formula is C19H21ClN6O2. The molecule has 1 amide bonds. The first-order valence-corrected chi connectivity index (χ1v) is 9.10. The van der Waals surface area contributed by atoms with E-state index in [4.69, 9.17) is 16.3 Å². The minimum absolute atomic E-state index is 0.114. The topological polar surface area (TPSA) is 94.0 Å². The molecule has 8 nitrogen and oxygen atoms in total. The SMILES string of the molecule is COc1ccc(CCNC(=O)CNc2cc(C)nc(-n3ccnc3)n2)cc1Cl. The van der Waals surface area contributed by atoms with E-state index in [9.17, 15) is 4.79 Å². The van der Waals surface area contributed by atoms with Crippen molar-refractivity contribution in [3.05, 3.63) is 59.3 Å². The number of carbonyl (C=O) groups is 1. The molecule has 0 bridgehead atoms. The highest BCUT2D eigenvalue weighted by atomic mass is 35.5. The number of halogens is 1. The Morgan fingerprint density at radius 2 is 2.14 bits per heavy atom. The Kier molecular flexibility index (Phi) is 6.44. The normalized spacial score (nSPS) is 10.5. The summed E-state index contributed by atoms with van der Waals surface area (Å²) in [7, 11) is 1.58. The van der Waals surface area contributed by atoms with Crippen LogP contribution in [0.5, 0.6) is 5.75 Å². The zero-order valence-corrected chi connectivity index (χ0v) is 16.4. The number of anilines is 1. The lowest BCUT2D eigenvalue weighted by molar-refractivity contribution is -0.119. The minimum atomic E-state index is -0.125. The first-order valence-electron chi connectivity index (χ1n) is 8.72. The van der Waals surface area contributed by atoms with Crippen LogP contribution in [0.15, 0.2) is 43.0 Å². The van der Waals surface area contributed by atoms with Gasteiger partial charge in [-0.1, -0.05) is 17.7 Å². The third kappa shape index (κ3) is 5.20. The fourth-order valence-electron chi connectivity index (χ4n) is 2.58. The van der Waals surface area contributed by atoms with Gasteiger partial charge in [0.15, 0.2) is 0 Å². The minimum Gasteiger partial charge on any atom is -0.495 e. The molecule has 0 saturated carbocycles. The van der Waals surface area contributed by atoms with Crippen molar-refractivity contribution >= 4 is 23.3 Å². The van der Waals surface area contributed by atoms with E-state index >= 15 is 0 Å². The van der Waals surface area contributed by atoms with Crippen molar-refractivity contribution in [3.8, 4) is 11.7 Å². The number of methoxy groups -OCH3 is 1. The Hall–Kier alpha value is -3.13. The predicted octanol–water partition coefficient (Wildman–Crippen LogP) is 2.40. The highest BCUT2D eigenvalue weighted by Gasteiger charge is 2.07. The number of hydrogen-bond donors (Lipinski definition) is 2. The molecule has 0 fully saturated rings. The van der Waals surface area contributed by atoms with E-state index in [0.717, 1.165) is 11.3 Å². The van der Waals surface area contributed by atoms with Gasteiger partial charge >= 0.3 is 0 Å². The fourth-order valence-corrected chi connectivity index (χ4v) is 2.86. The predicted molar refractivity (Wildman–Crippen MR) is 107 cm³/mol. The number of aryl methyl sites for hydroxylation is 1. The number of amides is 1. The van der Waals surface area contributed by atoms with Gasteiger partial charge in [-0.15, -0.1) is 0 Å². The molecule has 1 aromatic carbocycles. The number of benzene rings is 1. The number of carbonyl (C=O) groups excluding carboxylic acids is 1. The summed E-state index contributed by atoms with van der Waals surface area (Å²) < 4.78 is 6.84. The highest BCUT2D eigenvalue weighted by Crippen LogP contribution is 2.24. The maximum Gasteiger partial charge on any atom is 0.239 e. The standard InChI is InChI=1S/C19H21ClN6O2/c1-13-9-17(25-19(24-13)26-8-7-21-12-26)23-11-18(27)22-6-5-14-3-4-16(28-2)15(20)10-14/h3-4,7-10,12H,5-6,11H2,1-2H3,(H,22,27)(H,23,24,25). The number of ether oxygens (including phenoxy) is 1. The number of aromatic nitrogens is 4. The van der Waals surface area contributed by atoms with Gasteiger partial charge in [0, 0.05) is 30.7 Å². The lowest BCUT2D eigenvalue weighted by atomic mass is 10.1. The van der Waals surface area contributed by atoms with E-state index in [1.165, 1.54) is 0 Å². The second-order valence-corrected chi connectivity index (χ2v) is 6.49. The number of imidazole rings is 1. The average Bonchev–Trinajstić information content (AvgIpc) is 3.21. The molecule has 146 valence electrons. The number of hydrogen-bond acceptors (Lipinski definition) is 6. The van der Waals surface area contributed by atoms with E-state index in [0.29, 0.717) is 35.5 Å². The largest absolute Gasteiger partial charge is 0.495 e. The number of nitrogens with zero attached hydrogens (tertiary/aromatic N) is 4. The first-order chi connectivity index (χ1) is 13.5. The van der Waals surface area contributed by atoms with Crippen LogP contribution in [-0.4, -0.2) is 45.6 Å². The van der Waals surface area contributed by atoms with Gasteiger partial charge in [-0.25, -0.2) is 9.97 Å². The van der Waals surface area contributed by atoms with E-state index in [1.807, 2.05) is 25.1 Å². The van der Waals surface area contributed by atoms with Crippen LogP contribution in [0.3, 0.4) is 0 Å². The molecule has 9 heteroatoms. The van der Waals surface area contributed by atoms with Crippen LogP contribution >= 0.6 is 11.6 Å². The third-order valence-electron chi connectivity index (χ3n) is 3.96. The van der Waals surface area contributed by atoms with Crippen LogP contribution < -0.4 is 15.4 Å². The molecule has 0 aliphatic rings. The number of rotatable bonds is 8. The zero-order valence-electron chi connectivity index (χ0n) is 15.6. The van der Waals surface area contributed by atoms with Crippen molar-refractivity contribution in [1.29, 1.82) is 0 Å². The molecule has 2 N–H and O–H groups in total. The Bertz CT molecular complexity index is 946. The van der Waals surface area contributed by atoms with Gasteiger partial charge in [0.05, 0.1) is 18.7 Å². The summed E-state index contributed by atoms with van der Waals surface area (Å²) in [6.45, 7) is 2.49. The van der Waals surface area contributed by atoms with Gasteiger partial charge in [0.2, 0.25) is 11.9 Å². The fraction of sp³-hybridized carbons (Fsp3) is 0.263. The van der Waals surface area contributed by atoms with Gasteiger partial charge in [0.1, 0.15) is 17.9 Å². The maximum absolute atomic E-state index is 12.1. The van der Waals surface area contributed by atoms with Crippen molar-refractivity contribution in [2.45, 2.75) is 13.3 Å². The molecule has 2 aromatic heterocycles. The van der Waals surface area contributed by atoms with E-state index in [2.05, 4.69) is 25.6 Å². The molecule has 0 saturated heterocycles. The van der Waals surface area contributed by atoms with Gasteiger partial charge in [0.25, 0.3) is 0 Å². The van der Waals surface area contributed by atoms with Crippen LogP contribution in [0.25, 0.3) is 5.95 Å². The van der Waals surface area contributed by atoms with Gasteiger partial charge in [-0.3, -0.25) is 9.36 Å². The Labute approximate surface area is 167 Å². The second kappa shape index (κ2) is 9.18. The van der Waals surface area contributed by atoms with Crippen LogP contribution in [0.2, 0.25) is 5.02 Å². The van der Waals surface area contributed by atoms with Crippen LogP contribution in [0.4, 0.5) is 5.82 Å². The molecule has 0 radical (unpaired) electrons. The van der Waals surface area contributed by atoms with Gasteiger partial charge in [-0.05, 0) is 31.0 Å².